The van der Waals surface area contributed by atoms with Crippen LogP contribution in [-0.2, 0) is 15.8 Å². The molecule has 0 aliphatic carbocycles. The summed E-state index contributed by atoms with van der Waals surface area (Å²) in [5.74, 6) is -1.22. The number of carboxylic acid groups (broad SMARTS) is 1. The van der Waals surface area contributed by atoms with Crippen LogP contribution in [-0.4, -0.2) is 70.0 Å². The van der Waals surface area contributed by atoms with Gasteiger partial charge < -0.3 is 19.6 Å². The number of aromatic nitrogens is 1. The lowest BCUT2D eigenvalue weighted by molar-refractivity contribution is -0.141. The van der Waals surface area contributed by atoms with E-state index in [1.54, 1.807) is 0 Å². The number of hydrogen-bond acceptors (Lipinski definition) is 5. The number of benzene rings is 1. The van der Waals surface area contributed by atoms with Gasteiger partial charge in [0, 0.05) is 44.5 Å². The van der Waals surface area contributed by atoms with Crippen LogP contribution in [0.3, 0.4) is 0 Å². The Bertz CT molecular complexity index is 1250. The van der Waals surface area contributed by atoms with E-state index in [1.165, 1.54) is 4.90 Å². The van der Waals surface area contributed by atoms with Crippen LogP contribution in [0.15, 0.2) is 42.7 Å². The van der Waals surface area contributed by atoms with Crippen LogP contribution in [0, 0.1) is 5.92 Å². The molecular formula is C31H38F3N3O5. The smallest absolute Gasteiger partial charge is 0.417 e. The second-order valence-corrected chi connectivity index (χ2v) is 11.0. The van der Waals surface area contributed by atoms with Crippen LogP contribution in [0.5, 0.6) is 5.75 Å². The predicted molar refractivity (Wildman–Crippen MR) is 149 cm³/mol. The molecule has 2 aliphatic rings. The minimum absolute atomic E-state index is 0.0393. The number of carbonyl (C=O) groups excluding carboxylic acids is 2. The molecule has 1 aromatic heterocycles. The number of rotatable bonds is 10. The summed E-state index contributed by atoms with van der Waals surface area (Å²) in [6.07, 6.45) is 1.52. The van der Waals surface area contributed by atoms with Crippen molar-refractivity contribution in [3.05, 3.63) is 59.4 Å². The Labute approximate surface area is 243 Å². The number of amides is 2. The van der Waals surface area contributed by atoms with Crippen molar-refractivity contribution in [3.8, 4) is 5.75 Å². The number of para-hydroxylation sites is 1. The van der Waals surface area contributed by atoms with Gasteiger partial charge in [-0.05, 0) is 62.1 Å². The molecule has 11 heteroatoms. The van der Waals surface area contributed by atoms with Crippen LogP contribution in [0.4, 0.5) is 13.2 Å². The topological polar surface area (TPSA) is 100 Å². The summed E-state index contributed by atoms with van der Waals surface area (Å²) < 4.78 is 46.9. The SMILES string of the molecule is CCCC1C(C(=O)N2CCC(c3ccccc3OCCCC(=O)O)CC2)CCCN1C(=O)c1cnccc1C(F)(F)F. The third-order valence-corrected chi connectivity index (χ3v) is 8.26. The Morgan fingerprint density at radius 2 is 1.81 bits per heavy atom. The minimum atomic E-state index is -4.69. The summed E-state index contributed by atoms with van der Waals surface area (Å²) in [7, 11) is 0. The van der Waals surface area contributed by atoms with E-state index in [1.807, 2.05) is 36.1 Å². The van der Waals surface area contributed by atoms with Crippen molar-refractivity contribution in [3.63, 3.8) is 0 Å². The van der Waals surface area contributed by atoms with Gasteiger partial charge in [0.1, 0.15) is 5.75 Å². The van der Waals surface area contributed by atoms with E-state index >= 15 is 0 Å². The van der Waals surface area contributed by atoms with Gasteiger partial charge >= 0.3 is 12.1 Å². The van der Waals surface area contributed by atoms with Crippen molar-refractivity contribution in [2.75, 3.05) is 26.2 Å². The number of nitrogens with zero attached hydrogens (tertiary/aromatic N) is 3. The maximum Gasteiger partial charge on any atom is 0.417 e. The fourth-order valence-electron chi connectivity index (χ4n) is 6.22. The first-order valence-corrected chi connectivity index (χ1v) is 14.7. The highest BCUT2D eigenvalue weighted by Crippen LogP contribution is 2.37. The van der Waals surface area contributed by atoms with Crippen LogP contribution < -0.4 is 4.74 Å². The number of aliphatic carboxylic acids is 1. The highest BCUT2D eigenvalue weighted by molar-refractivity contribution is 5.96. The summed E-state index contributed by atoms with van der Waals surface area (Å²) in [6.45, 7) is 3.60. The van der Waals surface area contributed by atoms with E-state index in [0.29, 0.717) is 58.3 Å². The molecule has 42 heavy (non-hydrogen) atoms. The lowest BCUT2D eigenvalue weighted by Crippen LogP contribution is -2.54. The number of hydrogen-bond donors (Lipinski definition) is 1. The van der Waals surface area contributed by atoms with Crippen molar-refractivity contribution >= 4 is 17.8 Å². The van der Waals surface area contributed by atoms with Gasteiger partial charge in [0.15, 0.2) is 0 Å². The summed E-state index contributed by atoms with van der Waals surface area (Å²) in [5.41, 5.74) is -0.460. The highest BCUT2D eigenvalue weighted by atomic mass is 19.4. The number of piperidine rings is 2. The van der Waals surface area contributed by atoms with E-state index in [-0.39, 0.29) is 18.2 Å². The second-order valence-electron chi connectivity index (χ2n) is 11.0. The molecule has 228 valence electrons. The molecule has 2 aliphatic heterocycles. The number of likely N-dealkylation sites (tertiary alicyclic amines) is 2. The summed E-state index contributed by atoms with van der Waals surface area (Å²) in [6, 6.07) is 8.03. The fourth-order valence-corrected chi connectivity index (χ4v) is 6.22. The molecule has 2 unspecified atom stereocenters. The maximum atomic E-state index is 13.8. The molecule has 3 heterocycles. The first-order chi connectivity index (χ1) is 20.1. The molecule has 2 aromatic rings. The highest BCUT2D eigenvalue weighted by Gasteiger charge is 2.43. The molecule has 0 spiro atoms. The lowest BCUT2D eigenvalue weighted by atomic mass is 9.83. The largest absolute Gasteiger partial charge is 0.493 e. The van der Waals surface area contributed by atoms with Gasteiger partial charge in [-0.3, -0.25) is 19.4 Å². The normalized spacial score (nSPS) is 19.9. The van der Waals surface area contributed by atoms with Crippen LogP contribution in [0.25, 0.3) is 0 Å². The van der Waals surface area contributed by atoms with E-state index in [0.717, 1.165) is 42.6 Å². The van der Waals surface area contributed by atoms with Crippen LogP contribution in [0.1, 0.15) is 85.7 Å². The first-order valence-electron chi connectivity index (χ1n) is 14.7. The van der Waals surface area contributed by atoms with Gasteiger partial charge in [-0.15, -0.1) is 0 Å². The van der Waals surface area contributed by atoms with Gasteiger partial charge in [-0.2, -0.15) is 13.2 Å². The van der Waals surface area contributed by atoms with Crippen LogP contribution >= 0.6 is 0 Å². The standard InChI is InChI=1S/C31H38F3N3O5/c1-2-7-26-23(9-5-16-37(26)30(41)24-20-35-15-12-25(24)31(32,33)34)29(40)36-17-13-21(14-18-36)22-8-3-4-10-27(22)42-19-6-11-28(38)39/h3-4,8,10,12,15,20-21,23,26H,2,5-7,9,11,13-14,16-19H2,1H3,(H,38,39). The molecule has 2 saturated heterocycles. The lowest BCUT2D eigenvalue weighted by Gasteiger charge is -2.43. The zero-order chi connectivity index (χ0) is 30.3. The van der Waals surface area contributed by atoms with Gasteiger partial charge in [-0.1, -0.05) is 31.5 Å². The van der Waals surface area contributed by atoms with Gasteiger partial charge in [0.2, 0.25) is 5.91 Å². The minimum Gasteiger partial charge on any atom is -0.493 e. The number of carbonyl (C=O) groups is 3. The Hall–Kier alpha value is -3.63. The van der Waals surface area contributed by atoms with E-state index < -0.39 is 41.1 Å². The van der Waals surface area contributed by atoms with Crippen LogP contribution in [0.2, 0.25) is 0 Å². The second kappa shape index (κ2) is 14.0. The van der Waals surface area contributed by atoms with Gasteiger partial charge in [0.25, 0.3) is 5.91 Å². The van der Waals surface area contributed by atoms with Gasteiger partial charge in [-0.25, -0.2) is 0 Å². The maximum absolute atomic E-state index is 13.8. The molecule has 2 fully saturated rings. The van der Waals surface area contributed by atoms with Crippen molar-refractivity contribution < 1.29 is 37.4 Å². The zero-order valence-corrected chi connectivity index (χ0v) is 23.8. The van der Waals surface area contributed by atoms with Crippen molar-refractivity contribution in [1.29, 1.82) is 0 Å². The monoisotopic (exact) mass is 589 g/mol. The quantitative estimate of drug-likeness (QED) is 0.353. The average Bonchev–Trinajstić information content (AvgIpc) is 2.98. The summed E-state index contributed by atoms with van der Waals surface area (Å²) in [5, 5.41) is 8.86. The molecule has 8 nitrogen and oxygen atoms in total. The molecule has 0 bridgehead atoms. The zero-order valence-electron chi connectivity index (χ0n) is 23.8. The third-order valence-electron chi connectivity index (χ3n) is 8.26. The average molecular weight is 590 g/mol. The Kier molecular flexibility index (Phi) is 10.5. The molecular weight excluding hydrogens is 551 g/mol. The first kappa shape index (κ1) is 31.3. The molecule has 0 radical (unpaired) electrons. The Morgan fingerprint density at radius 1 is 1.07 bits per heavy atom. The molecule has 1 aromatic carbocycles. The molecule has 1 N–H and O–H groups in total. The Balaban J connectivity index is 1.43. The van der Waals surface area contributed by atoms with E-state index in [9.17, 15) is 27.6 Å². The van der Waals surface area contributed by atoms with Crippen molar-refractivity contribution in [1.82, 2.24) is 14.8 Å². The van der Waals surface area contributed by atoms with Crippen molar-refractivity contribution in [2.24, 2.45) is 5.92 Å². The summed E-state index contributed by atoms with van der Waals surface area (Å²) >= 11 is 0. The number of pyridine rings is 1. The number of halogens is 3. The Morgan fingerprint density at radius 3 is 2.50 bits per heavy atom. The van der Waals surface area contributed by atoms with E-state index in [2.05, 4.69) is 4.98 Å². The number of carboxylic acids is 1. The molecule has 2 amide bonds. The number of ether oxygens (including phenoxy) is 1. The molecule has 4 rings (SSSR count). The van der Waals surface area contributed by atoms with E-state index in [4.69, 9.17) is 9.84 Å². The third kappa shape index (κ3) is 7.41. The van der Waals surface area contributed by atoms with Crippen molar-refractivity contribution in [2.45, 2.75) is 76.4 Å². The van der Waals surface area contributed by atoms with Gasteiger partial charge in [0.05, 0.1) is 23.7 Å². The number of alkyl halides is 3. The molecule has 0 saturated carbocycles. The molecule has 2 atom stereocenters. The summed E-state index contributed by atoms with van der Waals surface area (Å²) in [4.78, 5) is 45.2. The fraction of sp³-hybridized carbons (Fsp3) is 0.548. The predicted octanol–water partition coefficient (Wildman–Crippen LogP) is 5.77.